The summed E-state index contributed by atoms with van der Waals surface area (Å²) in [6.07, 6.45) is 0.296. The summed E-state index contributed by atoms with van der Waals surface area (Å²) < 4.78 is 5.68. The fourth-order valence-electron chi connectivity index (χ4n) is 2.68. The molecule has 2 heterocycles. The van der Waals surface area contributed by atoms with Crippen molar-refractivity contribution >= 4 is 41.3 Å². The fourth-order valence-corrected chi connectivity index (χ4v) is 3.54. The second-order valence-corrected chi connectivity index (χ2v) is 6.94. The summed E-state index contributed by atoms with van der Waals surface area (Å²) in [6, 6.07) is 5.07. The van der Waals surface area contributed by atoms with Crippen molar-refractivity contribution in [1.82, 2.24) is 15.5 Å². The largest absolute Gasteiger partial charge is 0.376 e. The van der Waals surface area contributed by atoms with Gasteiger partial charge < -0.3 is 15.4 Å². The molecule has 0 aliphatic carbocycles. The molecule has 0 amide bonds. The van der Waals surface area contributed by atoms with E-state index in [9.17, 15) is 0 Å². The Bertz CT molecular complexity index is 467. The zero-order valence-electron chi connectivity index (χ0n) is 14.4. The summed E-state index contributed by atoms with van der Waals surface area (Å²) in [5.41, 5.74) is 0. The number of thiophene rings is 1. The van der Waals surface area contributed by atoms with Gasteiger partial charge in [-0.2, -0.15) is 0 Å². The SMILES string of the molecule is CN=C(NCC(c1cccs1)N1CCOC(C)C1)NC(C)C.I. The van der Waals surface area contributed by atoms with Crippen LogP contribution in [0.5, 0.6) is 0 Å². The van der Waals surface area contributed by atoms with Gasteiger partial charge in [-0.3, -0.25) is 9.89 Å². The Balaban J connectivity index is 0.00000264. The highest BCUT2D eigenvalue weighted by molar-refractivity contribution is 14.0. The minimum absolute atomic E-state index is 0. The molecule has 0 saturated carbocycles. The average molecular weight is 452 g/mol. The van der Waals surface area contributed by atoms with Gasteiger partial charge in [0.15, 0.2) is 5.96 Å². The summed E-state index contributed by atoms with van der Waals surface area (Å²) in [5.74, 6) is 0.859. The molecule has 2 rings (SSSR count). The van der Waals surface area contributed by atoms with E-state index in [1.165, 1.54) is 4.88 Å². The smallest absolute Gasteiger partial charge is 0.191 e. The van der Waals surface area contributed by atoms with Gasteiger partial charge in [-0.1, -0.05) is 6.07 Å². The highest BCUT2D eigenvalue weighted by atomic mass is 127. The molecule has 1 aliphatic heterocycles. The summed E-state index contributed by atoms with van der Waals surface area (Å²) in [4.78, 5) is 8.20. The van der Waals surface area contributed by atoms with Gasteiger partial charge in [-0.25, -0.2) is 0 Å². The van der Waals surface area contributed by atoms with Crippen LogP contribution in [0.4, 0.5) is 0 Å². The van der Waals surface area contributed by atoms with E-state index >= 15 is 0 Å². The van der Waals surface area contributed by atoms with Gasteiger partial charge in [0.2, 0.25) is 0 Å². The van der Waals surface area contributed by atoms with E-state index in [-0.39, 0.29) is 24.0 Å². The van der Waals surface area contributed by atoms with Crippen LogP contribution in [0, 0.1) is 0 Å². The summed E-state index contributed by atoms with van der Waals surface area (Å²) in [5, 5.41) is 8.95. The molecular formula is C16H29IN4OS. The summed E-state index contributed by atoms with van der Waals surface area (Å²) in [7, 11) is 1.81. The molecule has 1 fully saturated rings. The Morgan fingerprint density at radius 1 is 1.52 bits per heavy atom. The lowest BCUT2D eigenvalue weighted by Gasteiger charge is -2.37. The molecule has 23 heavy (non-hydrogen) atoms. The number of halogens is 1. The topological polar surface area (TPSA) is 48.9 Å². The van der Waals surface area contributed by atoms with Gasteiger partial charge in [0.25, 0.3) is 0 Å². The van der Waals surface area contributed by atoms with Gasteiger partial charge in [-0.05, 0) is 32.2 Å². The fraction of sp³-hybridized carbons (Fsp3) is 0.688. The Morgan fingerprint density at radius 2 is 2.30 bits per heavy atom. The van der Waals surface area contributed by atoms with Crippen molar-refractivity contribution in [3.8, 4) is 0 Å². The Kier molecular flexibility index (Phi) is 9.41. The first kappa shape index (κ1) is 20.7. The van der Waals surface area contributed by atoms with E-state index in [0.29, 0.717) is 18.2 Å². The van der Waals surface area contributed by atoms with Crippen LogP contribution in [0.2, 0.25) is 0 Å². The van der Waals surface area contributed by atoms with Gasteiger partial charge in [0.05, 0.1) is 18.8 Å². The molecule has 5 nitrogen and oxygen atoms in total. The van der Waals surface area contributed by atoms with Crippen molar-refractivity contribution < 1.29 is 4.74 Å². The number of guanidine groups is 1. The molecule has 132 valence electrons. The Hall–Kier alpha value is -0.380. The quantitative estimate of drug-likeness (QED) is 0.410. The number of aliphatic imine (C=N–C) groups is 1. The molecular weight excluding hydrogens is 423 g/mol. The Labute approximate surface area is 160 Å². The van der Waals surface area contributed by atoms with Crippen LogP contribution < -0.4 is 10.6 Å². The number of hydrogen-bond donors (Lipinski definition) is 2. The number of nitrogens with zero attached hydrogens (tertiary/aromatic N) is 2. The molecule has 1 aromatic heterocycles. The maximum Gasteiger partial charge on any atom is 0.191 e. The predicted molar refractivity (Wildman–Crippen MR) is 109 cm³/mol. The second kappa shape index (κ2) is 10.5. The van der Waals surface area contributed by atoms with Crippen molar-refractivity contribution in [2.24, 2.45) is 4.99 Å². The lowest BCUT2D eigenvalue weighted by Crippen LogP contribution is -2.48. The zero-order valence-corrected chi connectivity index (χ0v) is 17.6. The van der Waals surface area contributed by atoms with E-state index in [1.54, 1.807) is 0 Å². The third-order valence-electron chi connectivity index (χ3n) is 3.70. The van der Waals surface area contributed by atoms with Crippen LogP contribution in [0.25, 0.3) is 0 Å². The first-order valence-electron chi connectivity index (χ1n) is 7.96. The molecule has 0 bridgehead atoms. The van der Waals surface area contributed by atoms with Crippen molar-refractivity contribution in [3.05, 3.63) is 22.4 Å². The number of rotatable bonds is 5. The van der Waals surface area contributed by atoms with Crippen LogP contribution in [-0.4, -0.2) is 56.3 Å². The molecule has 1 aliphatic rings. The lowest BCUT2D eigenvalue weighted by atomic mass is 10.1. The normalized spacial score (nSPS) is 20.9. The van der Waals surface area contributed by atoms with E-state index < -0.39 is 0 Å². The van der Waals surface area contributed by atoms with Gasteiger partial charge >= 0.3 is 0 Å². The minimum Gasteiger partial charge on any atom is -0.376 e. The summed E-state index contributed by atoms with van der Waals surface area (Å²) in [6.45, 7) is 9.98. The van der Waals surface area contributed by atoms with Crippen LogP contribution in [-0.2, 0) is 4.74 Å². The van der Waals surface area contributed by atoms with Crippen LogP contribution >= 0.6 is 35.3 Å². The van der Waals surface area contributed by atoms with Gasteiger partial charge in [0.1, 0.15) is 0 Å². The maximum atomic E-state index is 5.68. The molecule has 2 N–H and O–H groups in total. The molecule has 2 atom stereocenters. The van der Waals surface area contributed by atoms with Crippen molar-refractivity contribution in [1.29, 1.82) is 0 Å². The molecule has 0 spiro atoms. The number of morpholine rings is 1. The third-order valence-corrected chi connectivity index (χ3v) is 4.67. The highest BCUT2D eigenvalue weighted by Gasteiger charge is 2.26. The van der Waals surface area contributed by atoms with Gasteiger partial charge in [0, 0.05) is 37.6 Å². The first-order chi connectivity index (χ1) is 10.6. The van der Waals surface area contributed by atoms with Crippen LogP contribution in [0.3, 0.4) is 0 Å². The third kappa shape index (κ3) is 6.56. The highest BCUT2D eigenvalue weighted by Crippen LogP contribution is 2.26. The van der Waals surface area contributed by atoms with Crippen LogP contribution in [0.15, 0.2) is 22.5 Å². The molecule has 1 aromatic rings. The zero-order chi connectivity index (χ0) is 15.9. The monoisotopic (exact) mass is 452 g/mol. The molecule has 7 heteroatoms. The van der Waals surface area contributed by atoms with Crippen molar-refractivity contribution in [2.75, 3.05) is 33.3 Å². The molecule has 0 radical (unpaired) electrons. The van der Waals surface area contributed by atoms with Crippen molar-refractivity contribution in [2.45, 2.75) is 39.0 Å². The van der Waals surface area contributed by atoms with E-state index in [0.717, 1.165) is 32.2 Å². The lowest BCUT2D eigenvalue weighted by molar-refractivity contribution is -0.0334. The minimum atomic E-state index is 0. The van der Waals surface area contributed by atoms with Crippen molar-refractivity contribution in [3.63, 3.8) is 0 Å². The first-order valence-corrected chi connectivity index (χ1v) is 8.84. The van der Waals surface area contributed by atoms with E-state index in [2.05, 4.69) is 58.8 Å². The van der Waals surface area contributed by atoms with E-state index in [4.69, 9.17) is 4.74 Å². The van der Waals surface area contributed by atoms with Gasteiger partial charge in [-0.15, -0.1) is 35.3 Å². The molecule has 1 saturated heterocycles. The molecule has 0 aromatic carbocycles. The number of hydrogen-bond acceptors (Lipinski definition) is 4. The standard InChI is InChI=1S/C16H28N4OS.HI/c1-12(2)19-16(17-4)18-10-14(15-6-5-9-22-15)20-7-8-21-13(3)11-20;/h5-6,9,12-14H,7-8,10-11H2,1-4H3,(H2,17,18,19);1H. The summed E-state index contributed by atoms with van der Waals surface area (Å²) >= 11 is 1.82. The molecule has 2 unspecified atom stereocenters. The number of ether oxygens (including phenoxy) is 1. The predicted octanol–water partition coefficient (Wildman–Crippen LogP) is 2.70. The second-order valence-electron chi connectivity index (χ2n) is 5.96. The van der Waals surface area contributed by atoms with Crippen LogP contribution in [0.1, 0.15) is 31.7 Å². The average Bonchev–Trinajstić information content (AvgIpc) is 3.00. The number of nitrogens with one attached hydrogen (secondary N) is 2. The maximum absolute atomic E-state index is 5.68. The Morgan fingerprint density at radius 3 is 2.87 bits per heavy atom. The van der Waals surface area contributed by atoms with E-state index in [1.807, 2.05) is 18.4 Å².